The van der Waals surface area contributed by atoms with Crippen LogP contribution in [-0.2, 0) is 14.1 Å². The number of rotatable bonds is 4. The molecule has 2 rings (SSSR count). The minimum Gasteiger partial charge on any atom is -0.374 e. The quantitative estimate of drug-likeness (QED) is 0.848. The van der Waals surface area contributed by atoms with Crippen LogP contribution in [0.1, 0.15) is 25.3 Å². The van der Waals surface area contributed by atoms with Gasteiger partial charge in [0, 0.05) is 33.9 Å². The normalized spacial score (nSPS) is 11.1. The van der Waals surface area contributed by atoms with Gasteiger partial charge in [-0.3, -0.25) is 13.9 Å². The van der Waals surface area contributed by atoms with E-state index in [1.54, 1.807) is 13.2 Å². The minimum absolute atomic E-state index is 0.289. The van der Waals surface area contributed by atoms with Crippen LogP contribution in [-0.4, -0.2) is 27.7 Å². The Hall–Kier alpha value is -2.11. The van der Waals surface area contributed by atoms with Crippen molar-refractivity contribution in [2.24, 2.45) is 14.1 Å². The molecular weight excluding hydrogens is 268 g/mol. The van der Waals surface area contributed by atoms with Gasteiger partial charge in [-0.15, -0.1) is 0 Å². The topological polar surface area (TPSA) is 60.1 Å². The number of anilines is 1. The van der Waals surface area contributed by atoms with Gasteiger partial charge < -0.3 is 4.90 Å². The Balaban J connectivity index is 2.85. The largest absolute Gasteiger partial charge is 0.374 e. The molecule has 2 heterocycles. The Bertz CT molecular complexity index is 789. The summed E-state index contributed by atoms with van der Waals surface area (Å²) < 4.78 is 2.56. The molecule has 114 valence electrons. The number of nitrogens with zero attached hydrogens (tertiary/aromatic N) is 4. The summed E-state index contributed by atoms with van der Waals surface area (Å²) in [6, 6.07) is 0. The molecule has 0 atom stereocenters. The molecule has 21 heavy (non-hydrogen) atoms. The fourth-order valence-corrected chi connectivity index (χ4v) is 2.61. The molecule has 0 radical (unpaired) electrons. The fraction of sp³-hybridized carbons (Fsp3) is 0.533. The molecule has 6 heteroatoms. The van der Waals surface area contributed by atoms with Gasteiger partial charge in [0.2, 0.25) is 0 Å². The van der Waals surface area contributed by atoms with Crippen LogP contribution in [0.3, 0.4) is 0 Å². The molecule has 0 fully saturated rings. The Morgan fingerprint density at radius 2 is 1.90 bits per heavy atom. The van der Waals surface area contributed by atoms with Gasteiger partial charge in [0.1, 0.15) is 5.39 Å². The summed E-state index contributed by atoms with van der Waals surface area (Å²) in [5, 5.41) is 0.512. The van der Waals surface area contributed by atoms with E-state index in [0.717, 1.165) is 35.2 Å². The maximum atomic E-state index is 12.5. The summed E-state index contributed by atoms with van der Waals surface area (Å²) in [6.45, 7) is 4.94. The molecule has 0 amide bonds. The van der Waals surface area contributed by atoms with E-state index < -0.39 is 0 Å². The first kappa shape index (κ1) is 15.3. The molecule has 0 saturated carbocycles. The third kappa shape index (κ3) is 2.46. The zero-order valence-corrected chi connectivity index (χ0v) is 13.3. The Labute approximate surface area is 123 Å². The number of pyridine rings is 1. The molecule has 0 N–H and O–H groups in total. The van der Waals surface area contributed by atoms with Gasteiger partial charge >= 0.3 is 5.69 Å². The zero-order chi connectivity index (χ0) is 15.7. The lowest BCUT2D eigenvalue weighted by Crippen LogP contribution is -2.38. The molecule has 6 nitrogen and oxygen atoms in total. The van der Waals surface area contributed by atoms with E-state index in [1.807, 2.05) is 14.0 Å². The van der Waals surface area contributed by atoms with Crippen LogP contribution < -0.4 is 16.1 Å². The first-order chi connectivity index (χ1) is 9.90. The molecule has 0 unspecified atom stereocenters. The summed E-state index contributed by atoms with van der Waals surface area (Å²) in [6.07, 6.45) is 3.85. The van der Waals surface area contributed by atoms with Crippen molar-refractivity contribution in [3.8, 4) is 0 Å². The van der Waals surface area contributed by atoms with E-state index in [4.69, 9.17) is 0 Å². The second-order valence-corrected chi connectivity index (χ2v) is 5.47. The lowest BCUT2D eigenvalue weighted by molar-refractivity contribution is 0.705. The van der Waals surface area contributed by atoms with Crippen LogP contribution in [0.15, 0.2) is 15.8 Å². The highest BCUT2D eigenvalue weighted by Gasteiger charge is 2.17. The van der Waals surface area contributed by atoms with Crippen molar-refractivity contribution in [1.29, 1.82) is 0 Å². The zero-order valence-electron chi connectivity index (χ0n) is 13.3. The molecule has 0 aliphatic rings. The van der Waals surface area contributed by atoms with Crippen LogP contribution in [0.5, 0.6) is 0 Å². The summed E-state index contributed by atoms with van der Waals surface area (Å²) in [7, 11) is 5.12. The maximum absolute atomic E-state index is 12.5. The lowest BCUT2D eigenvalue weighted by atomic mass is 10.1. The second kappa shape index (κ2) is 5.71. The predicted octanol–water partition coefficient (Wildman–Crippen LogP) is 1.18. The summed E-state index contributed by atoms with van der Waals surface area (Å²) >= 11 is 0. The van der Waals surface area contributed by atoms with Crippen LogP contribution in [0.25, 0.3) is 11.0 Å². The first-order valence-corrected chi connectivity index (χ1v) is 7.16. The van der Waals surface area contributed by atoms with Crippen molar-refractivity contribution in [1.82, 2.24) is 14.1 Å². The number of hydrogen-bond donors (Lipinski definition) is 0. The van der Waals surface area contributed by atoms with Crippen molar-refractivity contribution < 1.29 is 0 Å². The third-order valence-electron chi connectivity index (χ3n) is 3.85. The monoisotopic (exact) mass is 290 g/mol. The van der Waals surface area contributed by atoms with E-state index in [0.29, 0.717) is 11.0 Å². The number of aromatic nitrogens is 3. The van der Waals surface area contributed by atoms with E-state index in [2.05, 4.69) is 16.8 Å². The molecule has 0 bridgehead atoms. The van der Waals surface area contributed by atoms with Crippen molar-refractivity contribution >= 4 is 16.7 Å². The van der Waals surface area contributed by atoms with Gasteiger partial charge in [-0.2, -0.15) is 0 Å². The molecule has 2 aromatic rings. The first-order valence-electron chi connectivity index (χ1n) is 7.16. The molecular formula is C15H22N4O2. The highest BCUT2D eigenvalue weighted by atomic mass is 16.2. The molecule has 0 aliphatic carbocycles. The smallest absolute Gasteiger partial charge is 0.332 e. The van der Waals surface area contributed by atoms with Gasteiger partial charge in [-0.05, 0) is 18.9 Å². The molecule has 0 aromatic carbocycles. The molecule has 0 spiro atoms. The highest BCUT2D eigenvalue weighted by Crippen LogP contribution is 2.25. The van der Waals surface area contributed by atoms with Crippen molar-refractivity contribution in [3.05, 3.63) is 32.6 Å². The summed E-state index contributed by atoms with van der Waals surface area (Å²) in [4.78, 5) is 30.9. The van der Waals surface area contributed by atoms with Gasteiger partial charge in [0.15, 0.2) is 5.65 Å². The number of unbranched alkanes of at least 4 members (excludes halogenated alkanes) is 1. The van der Waals surface area contributed by atoms with E-state index >= 15 is 0 Å². The average Bonchev–Trinajstić information content (AvgIpc) is 2.48. The van der Waals surface area contributed by atoms with Gasteiger partial charge in [-0.1, -0.05) is 13.3 Å². The highest BCUT2D eigenvalue weighted by molar-refractivity contribution is 5.90. The Kier molecular flexibility index (Phi) is 4.16. The molecule has 0 aliphatic heterocycles. The summed E-state index contributed by atoms with van der Waals surface area (Å²) in [5.41, 5.74) is 1.60. The fourth-order valence-electron chi connectivity index (χ4n) is 2.61. The van der Waals surface area contributed by atoms with Crippen LogP contribution in [0.2, 0.25) is 0 Å². The van der Waals surface area contributed by atoms with Crippen molar-refractivity contribution in [2.75, 3.05) is 18.5 Å². The second-order valence-electron chi connectivity index (χ2n) is 5.47. The Morgan fingerprint density at radius 3 is 2.52 bits per heavy atom. The van der Waals surface area contributed by atoms with E-state index in [-0.39, 0.29) is 11.2 Å². The SMILES string of the molecule is CCCCN(C)c1c(C)cnc2c1c(=O)n(C)c(=O)n2C. The van der Waals surface area contributed by atoms with Gasteiger partial charge in [-0.25, -0.2) is 9.78 Å². The van der Waals surface area contributed by atoms with Crippen molar-refractivity contribution in [3.63, 3.8) is 0 Å². The molecule has 2 aromatic heterocycles. The predicted molar refractivity (Wildman–Crippen MR) is 85.1 cm³/mol. The number of aryl methyl sites for hydroxylation is 2. The molecule has 0 saturated heterocycles. The number of hydrogen-bond acceptors (Lipinski definition) is 4. The average molecular weight is 290 g/mol. The van der Waals surface area contributed by atoms with E-state index in [1.165, 1.54) is 11.6 Å². The maximum Gasteiger partial charge on any atom is 0.332 e. The van der Waals surface area contributed by atoms with Crippen LogP contribution in [0, 0.1) is 6.92 Å². The lowest BCUT2D eigenvalue weighted by Gasteiger charge is -2.23. The minimum atomic E-state index is -0.356. The van der Waals surface area contributed by atoms with Crippen molar-refractivity contribution in [2.45, 2.75) is 26.7 Å². The standard InChI is InChI=1S/C15H22N4O2/c1-6-7-8-17(3)12-10(2)9-16-13-11(12)14(20)19(5)15(21)18(13)4/h9H,6-8H2,1-5H3. The van der Waals surface area contributed by atoms with Gasteiger partial charge in [0.05, 0.1) is 5.69 Å². The number of fused-ring (bicyclic) bond motifs is 1. The Morgan fingerprint density at radius 1 is 1.24 bits per heavy atom. The van der Waals surface area contributed by atoms with Gasteiger partial charge in [0.25, 0.3) is 5.56 Å². The third-order valence-corrected chi connectivity index (χ3v) is 3.85. The summed E-state index contributed by atoms with van der Waals surface area (Å²) in [5.74, 6) is 0. The van der Waals surface area contributed by atoms with Crippen LogP contribution >= 0.6 is 0 Å². The van der Waals surface area contributed by atoms with Crippen LogP contribution in [0.4, 0.5) is 5.69 Å². The van der Waals surface area contributed by atoms with E-state index in [9.17, 15) is 9.59 Å².